The normalized spacial score (nSPS) is 19.5. The first-order valence-electron chi connectivity index (χ1n) is 5.85. The molecule has 2 nitrogen and oxygen atoms in total. The summed E-state index contributed by atoms with van der Waals surface area (Å²) in [6, 6.07) is 3.91. The van der Waals surface area contributed by atoms with Crippen LogP contribution in [0.4, 0.5) is 5.69 Å². The highest BCUT2D eigenvalue weighted by Gasteiger charge is 2.27. The van der Waals surface area contributed by atoms with Crippen LogP contribution < -0.4 is 10.2 Å². The molecule has 0 bridgehead atoms. The topological polar surface area (TPSA) is 15.3 Å². The Morgan fingerprint density at radius 2 is 1.94 bits per heavy atom. The lowest BCUT2D eigenvalue weighted by molar-refractivity contribution is 0.353. The molecule has 0 unspecified atom stereocenters. The summed E-state index contributed by atoms with van der Waals surface area (Å²) in [4.78, 5) is 2.30. The second-order valence-corrected chi connectivity index (χ2v) is 6.10. The summed E-state index contributed by atoms with van der Waals surface area (Å²) >= 11 is 12.5. The second kappa shape index (κ2) is 4.68. The fraction of sp³-hybridized carbons (Fsp3) is 0.538. The Labute approximate surface area is 113 Å². The van der Waals surface area contributed by atoms with E-state index in [4.69, 9.17) is 23.2 Å². The van der Waals surface area contributed by atoms with E-state index >= 15 is 0 Å². The Morgan fingerprint density at radius 3 is 2.59 bits per heavy atom. The number of anilines is 1. The minimum absolute atomic E-state index is 0.110. The van der Waals surface area contributed by atoms with Gasteiger partial charge in [0.15, 0.2) is 0 Å². The van der Waals surface area contributed by atoms with Crippen molar-refractivity contribution < 1.29 is 0 Å². The third kappa shape index (κ3) is 2.87. The van der Waals surface area contributed by atoms with Crippen molar-refractivity contribution in [3.8, 4) is 0 Å². The SMILES string of the molecule is Cc1cc(Cl)c(N2CCNC(C)(C)C2)cc1Cl. The molecule has 1 fully saturated rings. The molecule has 1 aliphatic rings. The molecule has 0 radical (unpaired) electrons. The highest BCUT2D eigenvalue weighted by molar-refractivity contribution is 6.35. The number of nitrogens with zero attached hydrogens (tertiary/aromatic N) is 1. The zero-order chi connectivity index (χ0) is 12.6. The predicted octanol–water partition coefficient (Wildman–Crippen LogP) is 3.49. The number of hydrogen-bond donors (Lipinski definition) is 1. The molecule has 94 valence electrons. The van der Waals surface area contributed by atoms with E-state index in [0.717, 1.165) is 40.9 Å². The highest BCUT2D eigenvalue weighted by Crippen LogP contribution is 2.33. The maximum atomic E-state index is 6.31. The van der Waals surface area contributed by atoms with Gasteiger partial charge < -0.3 is 10.2 Å². The van der Waals surface area contributed by atoms with Crippen molar-refractivity contribution in [2.24, 2.45) is 0 Å². The molecule has 0 amide bonds. The summed E-state index contributed by atoms with van der Waals surface area (Å²) in [6.07, 6.45) is 0. The Hall–Kier alpha value is -0.440. The lowest BCUT2D eigenvalue weighted by Crippen LogP contribution is -2.57. The molecule has 0 spiro atoms. The van der Waals surface area contributed by atoms with Crippen LogP contribution >= 0.6 is 23.2 Å². The zero-order valence-corrected chi connectivity index (χ0v) is 12.0. The fourth-order valence-corrected chi connectivity index (χ4v) is 2.72. The number of piperazine rings is 1. The van der Waals surface area contributed by atoms with E-state index < -0.39 is 0 Å². The van der Waals surface area contributed by atoms with Crippen LogP contribution in [-0.2, 0) is 0 Å². The standard InChI is InChI=1S/C13H18Cl2N2/c1-9-6-11(15)12(7-10(9)14)17-5-4-16-13(2,3)8-17/h6-7,16H,4-5,8H2,1-3H3. The summed E-state index contributed by atoms with van der Waals surface area (Å²) < 4.78 is 0. The first kappa shape index (κ1) is 13.0. The first-order valence-corrected chi connectivity index (χ1v) is 6.60. The molecular weight excluding hydrogens is 255 g/mol. The van der Waals surface area contributed by atoms with Gasteiger partial charge in [-0.1, -0.05) is 23.2 Å². The van der Waals surface area contributed by atoms with Crippen LogP contribution in [0.15, 0.2) is 12.1 Å². The Bertz CT molecular complexity index is 430. The van der Waals surface area contributed by atoms with Crippen LogP contribution in [0.2, 0.25) is 10.0 Å². The first-order chi connectivity index (χ1) is 7.89. The third-order valence-electron chi connectivity index (χ3n) is 3.14. The molecule has 2 rings (SSSR count). The molecule has 0 aliphatic carbocycles. The Kier molecular flexibility index (Phi) is 3.58. The quantitative estimate of drug-likeness (QED) is 0.842. The largest absolute Gasteiger partial charge is 0.367 e. The van der Waals surface area contributed by atoms with Gasteiger partial charge in [0.25, 0.3) is 0 Å². The number of hydrogen-bond acceptors (Lipinski definition) is 2. The van der Waals surface area contributed by atoms with Crippen molar-refractivity contribution in [3.05, 3.63) is 27.7 Å². The van der Waals surface area contributed by atoms with Crippen LogP contribution in [0.1, 0.15) is 19.4 Å². The molecule has 1 N–H and O–H groups in total. The van der Waals surface area contributed by atoms with E-state index in [1.54, 1.807) is 0 Å². The van der Waals surface area contributed by atoms with Crippen LogP contribution in [0.3, 0.4) is 0 Å². The minimum atomic E-state index is 0.110. The zero-order valence-electron chi connectivity index (χ0n) is 10.5. The van der Waals surface area contributed by atoms with Crippen molar-refractivity contribution in [3.63, 3.8) is 0 Å². The summed E-state index contributed by atoms with van der Waals surface area (Å²) in [5.41, 5.74) is 2.17. The number of aryl methyl sites for hydroxylation is 1. The number of nitrogens with one attached hydrogen (secondary N) is 1. The molecule has 1 heterocycles. The van der Waals surface area contributed by atoms with E-state index in [1.165, 1.54) is 0 Å². The van der Waals surface area contributed by atoms with Crippen LogP contribution in [0.5, 0.6) is 0 Å². The Balaban J connectivity index is 2.31. The van der Waals surface area contributed by atoms with Gasteiger partial charge in [-0.2, -0.15) is 0 Å². The van der Waals surface area contributed by atoms with Gasteiger partial charge in [0.2, 0.25) is 0 Å². The maximum absolute atomic E-state index is 6.31. The van der Waals surface area contributed by atoms with Crippen molar-refractivity contribution in [2.45, 2.75) is 26.3 Å². The highest BCUT2D eigenvalue weighted by atomic mass is 35.5. The van der Waals surface area contributed by atoms with E-state index in [2.05, 4.69) is 24.1 Å². The number of halogens is 2. The summed E-state index contributed by atoms with van der Waals surface area (Å²) in [7, 11) is 0. The van der Waals surface area contributed by atoms with Crippen molar-refractivity contribution >= 4 is 28.9 Å². The molecule has 0 aromatic heterocycles. The third-order valence-corrected chi connectivity index (χ3v) is 3.85. The van der Waals surface area contributed by atoms with E-state index in [-0.39, 0.29) is 5.54 Å². The van der Waals surface area contributed by atoms with Crippen molar-refractivity contribution in [2.75, 3.05) is 24.5 Å². The molecule has 0 atom stereocenters. The second-order valence-electron chi connectivity index (χ2n) is 5.29. The monoisotopic (exact) mass is 272 g/mol. The van der Waals surface area contributed by atoms with Gasteiger partial charge in [-0.15, -0.1) is 0 Å². The van der Waals surface area contributed by atoms with Gasteiger partial charge in [-0.3, -0.25) is 0 Å². The molecule has 1 saturated heterocycles. The van der Waals surface area contributed by atoms with Gasteiger partial charge in [0.05, 0.1) is 10.7 Å². The minimum Gasteiger partial charge on any atom is -0.367 e. The molecule has 1 aliphatic heterocycles. The molecule has 1 aromatic rings. The van der Waals surface area contributed by atoms with E-state index in [9.17, 15) is 0 Å². The van der Waals surface area contributed by atoms with Gasteiger partial charge in [0.1, 0.15) is 0 Å². The molecule has 1 aromatic carbocycles. The van der Waals surface area contributed by atoms with E-state index in [1.807, 2.05) is 19.1 Å². The average molecular weight is 273 g/mol. The maximum Gasteiger partial charge on any atom is 0.0643 e. The number of benzene rings is 1. The molecule has 17 heavy (non-hydrogen) atoms. The smallest absolute Gasteiger partial charge is 0.0643 e. The van der Waals surface area contributed by atoms with Crippen LogP contribution in [-0.4, -0.2) is 25.2 Å². The summed E-state index contributed by atoms with van der Waals surface area (Å²) in [5, 5.41) is 5.05. The molecule has 4 heteroatoms. The van der Waals surface area contributed by atoms with Crippen molar-refractivity contribution in [1.29, 1.82) is 0 Å². The summed E-state index contributed by atoms with van der Waals surface area (Å²) in [5.74, 6) is 0. The lowest BCUT2D eigenvalue weighted by atomic mass is 10.0. The average Bonchev–Trinajstić information content (AvgIpc) is 2.22. The van der Waals surface area contributed by atoms with Crippen molar-refractivity contribution in [1.82, 2.24) is 5.32 Å². The fourth-order valence-electron chi connectivity index (χ4n) is 2.23. The molecular formula is C13H18Cl2N2. The molecule has 0 saturated carbocycles. The predicted molar refractivity (Wildman–Crippen MR) is 75.5 cm³/mol. The van der Waals surface area contributed by atoms with Gasteiger partial charge in [0, 0.05) is 30.2 Å². The summed E-state index contributed by atoms with van der Waals surface area (Å²) in [6.45, 7) is 9.23. The van der Waals surface area contributed by atoms with Gasteiger partial charge in [-0.05, 0) is 38.5 Å². The number of rotatable bonds is 1. The van der Waals surface area contributed by atoms with Gasteiger partial charge >= 0.3 is 0 Å². The van der Waals surface area contributed by atoms with Crippen LogP contribution in [0.25, 0.3) is 0 Å². The van der Waals surface area contributed by atoms with Crippen LogP contribution in [0, 0.1) is 6.92 Å². The van der Waals surface area contributed by atoms with E-state index in [0.29, 0.717) is 0 Å². The Morgan fingerprint density at radius 1 is 1.24 bits per heavy atom. The van der Waals surface area contributed by atoms with Gasteiger partial charge in [-0.25, -0.2) is 0 Å². The lowest BCUT2D eigenvalue weighted by Gasteiger charge is -2.40.